The minimum atomic E-state index is 0.272. The van der Waals surface area contributed by atoms with E-state index in [0.717, 1.165) is 28.8 Å². The number of nitrogens with zero attached hydrogens (tertiary/aromatic N) is 2. The molecule has 21 heavy (non-hydrogen) atoms. The van der Waals surface area contributed by atoms with Gasteiger partial charge in [-0.1, -0.05) is 0 Å². The van der Waals surface area contributed by atoms with E-state index in [1.165, 1.54) is 0 Å². The zero-order valence-electron chi connectivity index (χ0n) is 12.3. The van der Waals surface area contributed by atoms with E-state index < -0.39 is 0 Å². The van der Waals surface area contributed by atoms with Gasteiger partial charge in [-0.3, -0.25) is 0 Å². The van der Waals surface area contributed by atoms with E-state index in [2.05, 4.69) is 34.4 Å². The second-order valence-corrected chi connectivity index (χ2v) is 5.18. The lowest BCUT2D eigenvalue weighted by atomic mass is 10.2. The Bertz CT molecular complexity index is 658. The van der Waals surface area contributed by atoms with Crippen LogP contribution in [0.2, 0.25) is 0 Å². The fraction of sp³-hybridized carbons (Fsp3) is 0.333. The summed E-state index contributed by atoms with van der Waals surface area (Å²) in [6, 6.07) is 7.91. The Kier molecular flexibility index (Phi) is 3.51. The van der Waals surface area contributed by atoms with Crippen LogP contribution in [-0.2, 0) is 0 Å². The van der Waals surface area contributed by atoms with Gasteiger partial charge in [-0.2, -0.15) is 0 Å². The van der Waals surface area contributed by atoms with E-state index in [-0.39, 0.29) is 6.79 Å². The number of hydrogen-bond acceptors (Lipinski definition) is 6. The zero-order valence-corrected chi connectivity index (χ0v) is 12.3. The average Bonchev–Trinajstić information content (AvgIpc) is 2.84. The maximum Gasteiger partial charge on any atom is 0.231 e. The van der Waals surface area contributed by atoms with Gasteiger partial charge in [-0.25, -0.2) is 9.97 Å². The number of aryl methyl sites for hydroxylation is 1. The lowest BCUT2D eigenvalue weighted by molar-refractivity contribution is 0.174. The van der Waals surface area contributed by atoms with Crippen molar-refractivity contribution in [1.29, 1.82) is 0 Å². The molecule has 0 fully saturated rings. The van der Waals surface area contributed by atoms with Crippen molar-refractivity contribution in [3.8, 4) is 11.5 Å². The first-order chi connectivity index (χ1) is 10.1. The third-order valence-corrected chi connectivity index (χ3v) is 2.92. The van der Waals surface area contributed by atoms with E-state index in [9.17, 15) is 0 Å². The highest BCUT2D eigenvalue weighted by molar-refractivity contribution is 5.63. The van der Waals surface area contributed by atoms with E-state index in [1.807, 2.05) is 31.2 Å². The van der Waals surface area contributed by atoms with Crippen molar-refractivity contribution in [2.24, 2.45) is 0 Å². The van der Waals surface area contributed by atoms with Crippen molar-refractivity contribution in [3.05, 3.63) is 30.1 Å². The number of ether oxygens (including phenoxy) is 2. The van der Waals surface area contributed by atoms with Crippen LogP contribution in [0.3, 0.4) is 0 Å². The van der Waals surface area contributed by atoms with Gasteiger partial charge >= 0.3 is 0 Å². The highest BCUT2D eigenvalue weighted by Crippen LogP contribution is 2.35. The molecule has 0 saturated heterocycles. The molecule has 0 spiro atoms. The van der Waals surface area contributed by atoms with Gasteiger partial charge in [-0.05, 0) is 32.9 Å². The average molecular weight is 286 g/mol. The summed E-state index contributed by atoms with van der Waals surface area (Å²) >= 11 is 0. The first-order valence-electron chi connectivity index (χ1n) is 6.89. The molecule has 1 aromatic heterocycles. The van der Waals surface area contributed by atoms with Crippen LogP contribution in [0.1, 0.15) is 19.7 Å². The van der Waals surface area contributed by atoms with Gasteiger partial charge in [0.25, 0.3) is 0 Å². The highest BCUT2D eigenvalue weighted by Gasteiger charge is 2.13. The van der Waals surface area contributed by atoms with Crippen LogP contribution >= 0.6 is 0 Å². The molecule has 0 radical (unpaired) electrons. The summed E-state index contributed by atoms with van der Waals surface area (Å²) in [5.41, 5.74) is 0.896. The molecule has 6 nitrogen and oxygen atoms in total. The molecule has 0 atom stereocenters. The predicted molar refractivity (Wildman–Crippen MR) is 81.4 cm³/mol. The van der Waals surface area contributed by atoms with Gasteiger partial charge < -0.3 is 20.1 Å². The van der Waals surface area contributed by atoms with E-state index >= 15 is 0 Å². The first kappa shape index (κ1) is 13.5. The molecule has 2 N–H and O–H groups in total. The molecular weight excluding hydrogens is 268 g/mol. The number of fused-ring (bicyclic) bond motifs is 1. The fourth-order valence-corrected chi connectivity index (χ4v) is 2.12. The smallest absolute Gasteiger partial charge is 0.231 e. The van der Waals surface area contributed by atoms with Gasteiger partial charge in [0.2, 0.25) is 6.79 Å². The lowest BCUT2D eigenvalue weighted by Crippen LogP contribution is -2.12. The molecule has 2 heterocycles. The van der Waals surface area contributed by atoms with Crippen LogP contribution < -0.4 is 20.1 Å². The second kappa shape index (κ2) is 5.47. The number of benzene rings is 1. The summed E-state index contributed by atoms with van der Waals surface area (Å²) < 4.78 is 10.7. The molecule has 6 heteroatoms. The molecule has 1 aliphatic rings. The molecule has 1 aromatic carbocycles. The third kappa shape index (κ3) is 3.16. The summed E-state index contributed by atoms with van der Waals surface area (Å²) in [5.74, 6) is 3.77. The van der Waals surface area contributed by atoms with Crippen molar-refractivity contribution in [3.63, 3.8) is 0 Å². The Hall–Kier alpha value is -2.50. The maximum absolute atomic E-state index is 5.37. The van der Waals surface area contributed by atoms with Crippen molar-refractivity contribution < 1.29 is 9.47 Å². The molecule has 1 aliphatic heterocycles. The van der Waals surface area contributed by atoms with Crippen LogP contribution in [0.4, 0.5) is 17.3 Å². The molecule has 0 unspecified atom stereocenters. The zero-order chi connectivity index (χ0) is 14.8. The lowest BCUT2D eigenvalue weighted by Gasteiger charge is -2.12. The Labute approximate surface area is 123 Å². The van der Waals surface area contributed by atoms with Crippen LogP contribution in [0.15, 0.2) is 24.3 Å². The number of anilines is 3. The van der Waals surface area contributed by atoms with Gasteiger partial charge in [0.05, 0.1) is 0 Å². The monoisotopic (exact) mass is 286 g/mol. The van der Waals surface area contributed by atoms with Crippen LogP contribution in [0.25, 0.3) is 0 Å². The standard InChI is InChI=1S/C15H18N4O2/c1-9(2)16-14-7-15(18-10(3)17-14)19-11-4-5-12-13(6-11)21-8-20-12/h4-7,9H,8H2,1-3H3,(H2,16,17,18,19). The Morgan fingerprint density at radius 1 is 1.05 bits per heavy atom. The van der Waals surface area contributed by atoms with Crippen molar-refractivity contribution in [2.45, 2.75) is 26.8 Å². The van der Waals surface area contributed by atoms with Gasteiger partial charge in [0.1, 0.15) is 17.5 Å². The minimum absolute atomic E-state index is 0.272. The van der Waals surface area contributed by atoms with Crippen molar-refractivity contribution >= 4 is 17.3 Å². The maximum atomic E-state index is 5.37. The summed E-state index contributed by atoms with van der Waals surface area (Å²) in [4.78, 5) is 8.76. The van der Waals surface area contributed by atoms with Gasteiger partial charge in [-0.15, -0.1) is 0 Å². The normalized spacial score (nSPS) is 12.6. The molecule has 0 aliphatic carbocycles. The molecule has 0 saturated carbocycles. The fourth-order valence-electron chi connectivity index (χ4n) is 2.12. The quantitative estimate of drug-likeness (QED) is 0.900. The van der Waals surface area contributed by atoms with Crippen molar-refractivity contribution in [2.75, 3.05) is 17.4 Å². The topological polar surface area (TPSA) is 68.3 Å². The van der Waals surface area contributed by atoms with E-state index in [4.69, 9.17) is 9.47 Å². The van der Waals surface area contributed by atoms with Crippen LogP contribution in [0.5, 0.6) is 11.5 Å². The summed E-state index contributed by atoms with van der Waals surface area (Å²) in [5, 5.41) is 6.54. The Morgan fingerprint density at radius 3 is 2.62 bits per heavy atom. The molecule has 0 bridgehead atoms. The molecule has 0 amide bonds. The Balaban J connectivity index is 1.82. The Morgan fingerprint density at radius 2 is 1.81 bits per heavy atom. The molecule has 2 aromatic rings. The molecule has 110 valence electrons. The van der Waals surface area contributed by atoms with E-state index in [1.54, 1.807) is 0 Å². The van der Waals surface area contributed by atoms with Crippen LogP contribution in [0, 0.1) is 6.92 Å². The number of aromatic nitrogens is 2. The number of hydrogen-bond donors (Lipinski definition) is 2. The van der Waals surface area contributed by atoms with Crippen molar-refractivity contribution in [1.82, 2.24) is 9.97 Å². The predicted octanol–water partition coefficient (Wildman–Crippen LogP) is 3.08. The van der Waals surface area contributed by atoms with Gasteiger partial charge in [0, 0.05) is 23.9 Å². The van der Waals surface area contributed by atoms with Gasteiger partial charge in [0.15, 0.2) is 11.5 Å². The third-order valence-electron chi connectivity index (χ3n) is 2.92. The number of rotatable bonds is 4. The minimum Gasteiger partial charge on any atom is -0.454 e. The van der Waals surface area contributed by atoms with E-state index in [0.29, 0.717) is 11.9 Å². The summed E-state index contributed by atoms with van der Waals surface area (Å²) in [6.07, 6.45) is 0. The second-order valence-electron chi connectivity index (χ2n) is 5.18. The van der Waals surface area contributed by atoms with Crippen LogP contribution in [-0.4, -0.2) is 22.8 Å². The number of nitrogens with one attached hydrogen (secondary N) is 2. The summed E-state index contributed by atoms with van der Waals surface area (Å²) in [6.45, 7) is 6.29. The SMILES string of the molecule is Cc1nc(Nc2ccc3c(c2)OCO3)cc(NC(C)C)n1. The summed E-state index contributed by atoms with van der Waals surface area (Å²) in [7, 11) is 0. The first-order valence-corrected chi connectivity index (χ1v) is 6.89. The molecule has 3 rings (SSSR count). The molecular formula is C15H18N4O2. The largest absolute Gasteiger partial charge is 0.454 e. The highest BCUT2D eigenvalue weighted by atomic mass is 16.7.